The molecule has 0 bridgehead atoms. The lowest BCUT2D eigenvalue weighted by Crippen LogP contribution is -2.30. The Kier molecular flexibility index (Phi) is 5.32. The van der Waals surface area contributed by atoms with Crippen molar-refractivity contribution in [2.24, 2.45) is 0 Å². The molecule has 5 rings (SSSR count). The lowest BCUT2D eigenvalue weighted by molar-refractivity contribution is -0.132. The second kappa shape index (κ2) is 8.33. The highest BCUT2D eigenvalue weighted by molar-refractivity contribution is 6.51. The van der Waals surface area contributed by atoms with Crippen LogP contribution in [0, 0.1) is 13.8 Å². The number of pyridine rings is 1. The van der Waals surface area contributed by atoms with E-state index in [1.165, 1.54) is 4.90 Å². The molecule has 2 aromatic carbocycles. The number of hydrogen-bond donors (Lipinski definition) is 1. The Labute approximate surface area is 197 Å². The zero-order chi connectivity index (χ0) is 24.0. The lowest BCUT2D eigenvalue weighted by atomic mass is 9.95. The fraction of sp³-hybridized carbons (Fsp3) is 0.222. The summed E-state index contributed by atoms with van der Waals surface area (Å²) in [7, 11) is 1.94. The van der Waals surface area contributed by atoms with Crippen molar-refractivity contribution < 1.29 is 19.4 Å². The molecule has 2 aliphatic rings. The monoisotopic (exact) mass is 455 g/mol. The van der Waals surface area contributed by atoms with Crippen LogP contribution in [-0.4, -0.2) is 42.0 Å². The predicted molar refractivity (Wildman–Crippen MR) is 130 cm³/mol. The Bertz CT molecular complexity index is 1330. The summed E-state index contributed by atoms with van der Waals surface area (Å²) in [6.45, 7) is 5.17. The number of ether oxygens (including phenoxy) is 1. The van der Waals surface area contributed by atoms with Gasteiger partial charge >= 0.3 is 0 Å². The van der Waals surface area contributed by atoms with Crippen LogP contribution in [-0.2, 0) is 9.59 Å². The van der Waals surface area contributed by atoms with Crippen molar-refractivity contribution in [3.63, 3.8) is 0 Å². The SMILES string of the molecule is Cc1ccc(N2C(=O)C(=O)/C(=C(\O)c3ccc4c(c3)N(C)CCO4)C2c2cccnc2)c(C)c1. The Morgan fingerprint density at radius 3 is 2.65 bits per heavy atom. The molecule has 1 unspecified atom stereocenters. The second-order valence-corrected chi connectivity index (χ2v) is 8.70. The van der Waals surface area contributed by atoms with Crippen LogP contribution in [0.1, 0.15) is 28.3 Å². The minimum absolute atomic E-state index is 0.0392. The van der Waals surface area contributed by atoms with Gasteiger partial charge in [-0.2, -0.15) is 0 Å². The van der Waals surface area contributed by atoms with Crippen molar-refractivity contribution in [2.45, 2.75) is 19.9 Å². The number of carbonyl (C=O) groups is 2. The van der Waals surface area contributed by atoms with Crippen LogP contribution in [0.5, 0.6) is 5.75 Å². The fourth-order valence-electron chi connectivity index (χ4n) is 4.66. The maximum Gasteiger partial charge on any atom is 0.300 e. The fourth-order valence-corrected chi connectivity index (χ4v) is 4.66. The predicted octanol–water partition coefficient (Wildman–Crippen LogP) is 4.15. The second-order valence-electron chi connectivity index (χ2n) is 8.70. The molecule has 1 aromatic heterocycles. The van der Waals surface area contributed by atoms with Gasteiger partial charge in [0, 0.05) is 30.7 Å². The Morgan fingerprint density at radius 1 is 1.09 bits per heavy atom. The van der Waals surface area contributed by atoms with Crippen molar-refractivity contribution in [3.05, 3.63) is 88.8 Å². The molecule has 0 radical (unpaired) electrons. The largest absolute Gasteiger partial charge is 0.507 e. The molecular weight excluding hydrogens is 430 g/mol. The van der Waals surface area contributed by atoms with E-state index in [2.05, 4.69) is 4.98 Å². The number of aliphatic hydroxyl groups excluding tert-OH is 1. The molecule has 1 saturated heterocycles. The normalized spacial score (nSPS) is 19.2. The standard InChI is InChI=1S/C27H25N3O4/c1-16-6-8-20(17(2)13-16)30-24(19-5-4-10-28-15-19)23(26(32)27(30)33)25(31)18-7-9-22-21(14-18)29(3)11-12-34-22/h4-10,13-15,24,31H,11-12H2,1-3H3/b25-23-. The summed E-state index contributed by atoms with van der Waals surface area (Å²) in [6, 6.07) is 13.7. The molecule has 7 heteroatoms. The van der Waals surface area contributed by atoms with Crippen LogP contribution in [0.15, 0.2) is 66.5 Å². The van der Waals surface area contributed by atoms with Crippen LogP contribution in [0.25, 0.3) is 5.76 Å². The smallest absolute Gasteiger partial charge is 0.300 e. The molecule has 3 heterocycles. The summed E-state index contributed by atoms with van der Waals surface area (Å²) in [5.74, 6) is -0.916. The number of amides is 1. The third kappa shape index (κ3) is 3.50. The highest BCUT2D eigenvalue weighted by Gasteiger charge is 2.47. The molecule has 172 valence electrons. The van der Waals surface area contributed by atoms with Gasteiger partial charge < -0.3 is 14.7 Å². The highest BCUT2D eigenvalue weighted by Crippen LogP contribution is 2.44. The number of Topliss-reactive ketones (excluding diaryl/α,β-unsaturated/α-hetero) is 1. The van der Waals surface area contributed by atoms with Crippen LogP contribution in [0.4, 0.5) is 11.4 Å². The first-order valence-corrected chi connectivity index (χ1v) is 11.1. The molecular formula is C27H25N3O4. The van der Waals surface area contributed by atoms with Crippen LogP contribution in [0.2, 0.25) is 0 Å². The summed E-state index contributed by atoms with van der Waals surface area (Å²) >= 11 is 0. The zero-order valence-electron chi connectivity index (χ0n) is 19.3. The van der Waals surface area contributed by atoms with E-state index in [1.54, 1.807) is 36.7 Å². The van der Waals surface area contributed by atoms with Gasteiger partial charge in [0.15, 0.2) is 0 Å². The minimum atomic E-state index is -0.805. The van der Waals surface area contributed by atoms with E-state index in [4.69, 9.17) is 4.74 Å². The van der Waals surface area contributed by atoms with Gasteiger partial charge in [-0.1, -0.05) is 23.8 Å². The molecule has 1 fully saturated rings. The van der Waals surface area contributed by atoms with Gasteiger partial charge in [-0.3, -0.25) is 19.5 Å². The van der Waals surface area contributed by atoms with E-state index in [0.29, 0.717) is 35.7 Å². The van der Waals surface area contributed by atoms with E-state index in [1.807, 2.05) is 50.1 Å². The van der Waals surface area contributed by atoms with Crippen LogP contribution < -0.4 is 14.5 Å². The topological polar surface area (TPSA) is 83.0 Å². The summed E-state index contributed by atoms with van der Waals surface area (Å²) in [4.78, 5) is 34.4. The van der Waals surface area contributed by atoms with Crippen molar-refractivity contribution in [1.29, 1.82) is 0 Å². The Morgan fingerprint density at radius 2 is 1.91 bits per heavy atom. The molecule has 34 heavy (non-hydrogen) atoms. The minimum Gasteiger partial charge on any atom is -0.507 e. The molecule has 7 nitrogen and oxygen atoms in total. The number of fused-ring (bicyclic) bond motifs is 1. The van der Waals surface area contributed by atoms with Gasteiger partial charge in [0.05, 0.1) is 23.8 Å². The summed E-state index contributed by atoms with van der Waals surface area (Å²) in [5.41, 5.74) is 4.48. The van der Waals surface area contributed by atoms with Crippen molar-refractivity contribution in [3.8, 4) is 5.75 Å². The van der Waals surface area contributed by atoms with Gasteiger partial charge in [-0.25, -0.2) is 0 Å². The molecule has 0 aliphatic carbocycles. The number of anilines is 2. The number of aliphatic hydroxyl groups is 1. The molecule has 1 atom stereocenters. The third-order valence-corrected chi connectivity index (χ3v) is 6.38. The number of carbonyl (C=O) groups excluding carboxylic acids is 2. The van der Waals surface area contributed by atoms with Crippen LogP contribution >= 0.6 is 0 Å². The number of benzene rings is 2. The average Bonchev–Trinajstić information content (AvgIpc) is 3.10. The number of ketones is 1. The number of likely N-dealkylation sites (N-methyl/N-ethyl adjacent to an activating group) is 1. The molecule has 1 amide bonds. The van der Waals surface area contributed by atoms with Gasteiger partial charge in [0.2, 0.25) is 0 Å². The number of aromatic nitrogens is 1. The highest BCUT2D eigenvalue weighted by atomic mass is 16.5. The molecule has 1 N–H and O–H groups in total. The van der Waals surface area contributed by atoms with Gasteiger partial charge in [0.25, 0.3) is 11.7 Å². The van der Waals surface area contributed by atoms with Gasteiger partial charge in [0.1, 0.15) is 18.1 Å². The summed E-state index contributed by atoms with van der Waals surface area (Å²) < 4.78 is 5.70. The number of aryl methyl sites for hydroxylation is 2. The van der Waals surface area contributed by atoms with Gasteiger partial charge in [-0.05, 0) is 55.3 Å². The maximum atomic E-state index is 13.4. The quantitative estimate of drug-likeness (QED) is 0.363. The van der Waals surface area contributed by atoms with E-state index >= 15 is 0 Å². The van der Waals surface area contributed by atoms with Crippen LogP contribution in [0.3, 0.4) is 0 Å². The van der Waals surface area contributed by atoms with Crippen molar-refractivity contribution in [2.75, 3.05) is 30.0 Å². The molecule has 3 aromatic rings. The van der Waals surface area contributed by atoms with Gasteiger partial charge in [-0.15, -0.1) is 0 Å². The Hall–Kier alpha value is -4.13. The Balaban J connectivity index is 1.71. The first-order chi connectivity index (χ1) is 16.4. The lowest BCUT2D eigenvalue weighted by Gasteiger charge is -2.28. The van der Waals surface area contributed by atoms with E-state index < -0.39 is 17.7 Å². The first-order valence-electron chi connectivity index (χ1n) is 11.1. The number of rotatable bonds is 3. The van der Waals surface area contributed by atoms with E-state index in [-0.39, 0.29) is 11.3 Å². The van der Waals surface area contributed by atoms with Crippen molar-refractivity contribution in [1.82, 2.24) is 4.98 Å². The first kappa shape index (κ1) is 21.7. The zero-order valence-corrected chi connectivity index (χ0v) is 19.3. The number of hydrogen-bond acceptors (Lipinski definition) is 6. The van der Waals surface area contributed by atoms with E-state index in [9.17, 15) is 14.7 Å². The summed E-state index contributed by atoms with van der Waals surface area (Å²) in [6.07, 6.45) is 3.25. The number of nitrogens with zero attached hydrogens (tertiary/aromatic N) is 3. The van der Waals surface area contributed by atoms with E-state index in [0.717, 1.165) is 16.8 Å². The van der Waals surface area contributed by atoms with Crippen molar-refractivity contribution >= 4 is 28.8 Å². The average molecular weight is 456 g/mol. The molecule has 0 spiro atoms. The maximum absolute atomic E-state index is 13.4. The summed E-state index contributed by atoms with van der Waals surface area (Å²) in [5, 5.41) is 11.4. The molecule has 0 saturated carbocycles. The third-order valence-electron chi connectivity index (χ3n) is 6.38. The molecule has 2 aliphatic heterocycles.